The molecule has 0 saturated carbocycles. The van der Waals surface area contributed by atoms with E-state index in [0.29, 0.717) is 0 Å². The monoisotopic (exact) mass is 265 g/mol. The summed E-state index contributed by atoms with van der Waals surface area (Å²) in [6.07, 6.45) is 3.61. The minimum absolute atomic E-state index is 0.786. The highest BCUT2D eigenvalue weighted by Crippen LogP contribution is 2.21. The Balaban J connectivity index is 2.27. The van der Waals surface area contributed by atoms with Crippen LogP contribution in [0.25, 0.3) is 5.69 Å². The van der Waals surface area contributed by atoms with Gasteiger partial charge in [-0.3, -0.25) is 4.57 Å². The first-order chi connectivity index (χ1) is 8.33. The van der Waals surface area contributed by atoms with E-state index in [1.165, 1.54) is 11.1 Å². The normalized spacial score (nSPS) is 11.2. The number of thioether (sulfide) groups is 1. The molecule has 0 atom stereocenters. The van der Waals surface area contributed by atoms with Crippen LogP contribution in [0, 0.1) is 6.92 Å². The van der Waals surface area contributed by atoms with E-state index >= 15 is 0 Å². The highest BCUT2D eigenvalue weighted by atomic mass is 35.5. The van der Waals surface area contributed by atoms with Crippen molar-refractivity contribution >= 4 is 23.4 Å². The molecule has 0 aliphatic carbocycles. The topological polar surface area (TPSA) is 30.7 Å². The quantitative estimate of drug-likeness (QED) is 0.794. The van der Waals surface area contributed by atoms with E-state index in [-0.39, 0.29) is 0 Å². The molecule has 0 bridgehead atoms. The molecular weight excluding hydrogens is 254 g/mol. The van der Waals surface area contributed by atoms with Crippen molar-refractivity contribution in [2.45, 2.75) is 12.1 Å². The van der Waals surface area contributed by atoms with Gasteiger partial charge in [-0.15, -0.1) is 10.2 Å². The lowest BCUT2D eigenvalue weighted by atomic mass is 10.2. The Bertz CT molecular complexity index is 522. The van der Waals surface area contributed by atoms with Crippen molar-refractivity contribution in [2.24, 2.45) is 0 Å². The second-order valence-electron chi connectivity index (χ2n) is 3.44. The lowest BCUT2D eigenvalue weighted by Gasteiger charge is -2.08. The highest BCUT2D eigenvalue weighted by molar-refractivity contribution is 7.99. The molecule has 88 valence electrons. The van der Waals surface area contributed by atoms with E-state index in [1.54, 1.807) is 18.1 Å². The predicted octanol–water partition coefficient (Wildman–Crippen LogP) is 3.42. The van der Waals surface area contributed by atoms with Crippen LogP contribution in [-0.4, -0.2) is 20.5 Å². The van der Waals surface area contributed by atoms with Crippen molar-refractivity contribution in [1.29, 1.82) is 0 Å². The number of hydrogen-bond acceptors (Lipinski definition) is 3. The third kappa shape index (κ3) is 2.90. The van der Waals surface area contributed by atoms with Crippen LogP contribution in [0.2, 0.25) is 0 Å². The predicted molar refractivity (Wildman–Crippen MR) is 71.8 cm³/mol. The van der Waals surface area contributed by atoms with Gasteiger partial charge in [-0.05, 0) is 18.6 Å². The molecule has 2 rings (SSSR count). The summed E-state index contributed by atoms with van der Waals surface area (Å²) in [5, 5.41) is 8.93. The Labute approximate surface area is 110 Å². The van der Waals surface area contributed by atoms with Crippen LogP contribution in [0.15, 0.2) is 47.4 Å². The number of rotatable bonds is 4. The number of aromatic nitrogens is 3. The minimum Gasteiger partial charge on any atom is -0.276 e. The van der Waals surface area contributed by atoms with Crippen LogP contribution in [-0.2, 0) is 0 Å². The van der Waals surface area contributed by atoms with Crippen molar-refractivity contribution in [3.05, 3.63) is 47.8 Å². The zero-order chi connectivity index (χ0) is 12.1. The molecular formula is C12H12ClN3S. The van der Waals surface area contributed by atoms with Gasteiger partial charge in [0.25, 0.3) is 0 Å². The van der Waals surface area contributed by atoms with E-state index in [2.05, 4.69) is 29.3 Å². The second kappa shape index (κ2) is 5.89. The summed E-state index contributed by atoms with van der Waals surface area (Å²) < 4.78 is 1.99. The molecule has 1 aromatic carbocycles. The standard InChI is InChI=1S/C12H12ClN3S/c1-10-5-2-3-6-11(10)16-9-14-15-12(16)17-8-4-7-13/h2-7,9H,8H2,1H3. The molecule has 1 aromatic heterocycles. The first-order valence-corrected chi connectivity index (χ1v) is 6.59. The fraction of sp³-hybridized carbons (Fsp3) is 0.167. The van der Waals surface area contributed by atoms with Crippen LogP contribution in [0.5, 0.6) is 0 Å². The van der Waals surface area contributed by atoms with Gasteiger partial charge in [0, 0.05) is 11.3 Å². The molecule has 0 unspecified atom stereocenters. The summed E-state index contributed by atoms with van der Waals surface area (Å²) in [5.74, 6) is 0.786. The maximum absolute atomic E-state index is 5.49. The fourth-order valence-corrected chi connectivity index (χ4v) is 2.41. The van der Waals surface area contributed by atoms with Crippen LogP contribution in [0.4, 0.5) is 0 Å². The molecule has 2 aromatic rings. The van der Waals surface area contributed by atoms with Crippen LogP contribution in [0.3, 0.4) is 0 Å². The van der Waals surface area contributed by atoms with E-state index in [0.717, 1.165) is 16.6 Å². The number of aryl methyl sites for hydroxylation is 1. The molecule has 17 heavy (non-hydrogen) atoms. The van der Waals surface area contributed by atoms with Crippen LogP contribution < -0.4 is 0 Å². The molecule has 3 nitrogen and oxygen atoms in total. The lowest BCUT2D eigenvalue weighted by Crippen LogP contribution is -1.97. The maximum atomic E-state index is 5.49. The molecule has 0 radical (unpaired) electrons. The zero-order valence-electron chi connectivity index (χ0n) is 9.38. The van der Waals surface area contributed by atoms with Gasteiger partial charge in [-0.2, -0.15) is 0 Å². The Kier molecular flexibility index (Phi) is 4.23. The molecule has 0 N–H and O–H groups in total. The summed E-state index contributed by atoms with van der Waals surface area (Å²) >= 11 is 7.09. The van der Waals surface area contributed by atoms with Crippen LogP contribution >= 0.6 is 23.4 Å². The first-order valence-electron chi connectivity index (χ1n) is 5.17. The second-order valence-corrected chi connectivity index (χ2v) is 4.68. The third-order valence-electron chi connectivity index (χ3n) is 2.29. The van der Waals surface area contributed by atoms with Crippen molar-refractivity contribution in [3.63, 3.8) is 0 Å². The highest BCUT2D eigenvalue weighted by Gasteiger charge is 2.07. The van der Waals surface area contributed by atoms with E-state index < -0.39 is 0 Å². The average molecular weight is 266 g/mol. The molecule has 0 aliphatic heterocycles. The van der Waals surface area contributed by atoms with Gasteiger partial charge in [0.1, 0.15) is 6.33 Å². The van der Waals surface area contributed by atoms with Gasteiger partial charge < -0.3 is 0 Å². The smallest absolute Gasteiger partial charge is 0.195 e. The Morgan fingerprint density at radius 3 is 3.00 bits per heavy atom. The largest absolute Gasteiger partial charge is 0.276 e. The maximum Gasteiger partial charge on any atom is 0.195 e. The molecule has 5 heteroatoms. The van der Waals surface area contributed by atoms with E-state index in [4.69, 9.17) is 11.6 Å². The summed E-state index contributed by atoms with van der Waals surface area (Å²) in [4.78, 5) is 0. The van der Waals surface area contributed by atoms with Gasteiger partial charge in [-0.1, -0.05) is 47.6 Å². The van der Waals surface area contributed by atoms with Crippen molar-refractivity contribution < 1.29 is 0 Å². The summed E-state index contributed by atoms with van der Waals surface area (Å²) in [7, 11) is 0. The van der Waals surface area contributed by atoms with E-state index in [1.807, 2.05) is 22.8 Å². The average Bonchev–Trinajstić information content (AvgIpc) is 2.78. The first kappa shape index (κ1) is 12.2. The Morgan fingerprint density at radius 2 is 2.24 bits per heavy atom. The lowest BCUT2D eigenvalue weighted by molar-refractivity contribution is 0.879. The molecule has 0 amide bonds. The van der Waals surface area contributed by atoms with Crippen molar-refractivity contribution in [3.8, 4) is 5.69 Å². The van der Waals surface area contributed by atoms with Crippen molar-refractivity contribution in [1.82, 2.24) is 14.8 Å². The fourth-order valence-electron chi connectivity index (χ4n) is 1.48. The minimum atomic E-state index is 0.786. The molecule has 0 aliphatic rings. The van der Waals surface area contributed by atoms with E-state index in [9.17, 15) is 0 Å². The summed E-state index contributed by atoms with van der Waals surface area (Å²) in [5.41, 5.74) is 3.82. The number of hydrogen-bond donors (Lipinski definition) is 0. The zero-order valence-corrected chi connectivity index (χ0v) is 10.9. The molecule has 0 spiro atoms. The Hall–Kier alpha value is -1.26. The van der Waals surface area contributed by atoms with Gasteiger partial charge in [0.15, 0.2) is 5.16 Å². The van der Waals surface area contributed by atoms with Gasteiger partial charge >= 0.3 is 0 Å². The van der Waals surface area contributed by atoms with Crippen LogP contribution in [0.1, 0.15) is 5.56 Å². The summed E-state index contributed by atoms with van der Waals surface area (Å²) in [6.45, 7) is 2.07. The number of halogens is 1. The third-order valence-corrected chi connectivity index (χ3v) is 3.36. The number of benzene rings is 1. The Morgan fingerprint density at radius 1 is 1.41 bits per heavy atom. The SMILES string of the molecule is Cc1ccccc1-n1cnnc1SCC=CCl. The number of nitrogens with zero attached hydrogens (tertiary/aromatic N) is 3. The van der Waals surface area contributed by atoms with Gasteiger partial charge in [0.2, 0.25) is 0 Å². The molecule has 1 heterocycles. The van der Waals surface area contributed by atoms with Gasteiger partial charge in [0.05, 0.1) is 5.69 Å². The van der Waals surface area contributed by atoms with Crippen molar-refractivity contribution in [2.75, 3.05) is 5.75 Å². The summed E-state index contributed by atoms with van der Waals surface area (Å²) in [6, 6.07) is 8.16. The number of para-hydroxylation sites is 1. The molecule has 0 saturated heterocycles. The molecule has 0 fully saturated rings. The van der Waals surface area contributed by atoms with Gasteiger partial charge in [-0.25, -0.2) is 0 Å².